The van der Waals surface area contributed by atoms with Gasteiger partial charge in [-0.1, -0.05) is 5.21 Å². The Balaban J connectivity index is 2.95. The van der Waals surface area contributed by atoms with Crippen molar-refractivity contribution in [3.63, 3.8) is 0 Å². The van der Waals surface area contributed by atoms with Gasteiger partial charge in [0.25, 0.3) is 0 Å². The first-order valence-electron chi connectivity index (χ1n) is 2.58. The van der Waals surface area contributed by atoms with Gasteiger partial charge in [0.1, 0.15) is 6.33 Å². The highest BCUT2D eigenvalue weighted by atomic mass is 15.4. The molecule has 2 aromatic heterocycles. The molecule has 0 atom stereocenters. The van der Waals surface area contributed by atoms with Crippen molar-refractivity contribution in [3.8, 4) is 0 Å². The van der Waals surface area contributed by atoms with E-state index in [1.54, 1.807) is 10.7 Å². The number of nitrogens with zero attached hydrogens (tertiary/aromatic N) is 4. The van der Waals surface area contributed by atoms with Crippen LogP contribution in [0.1, 0.15) is 0 Å². The Hall–Kier alpha value is -1.45. The summed E-state index contributed by atoms with van der Waals surface area (Å²) in [6.07, 6.45) is 3.23. The Labute approximate surface area is 51.1 Å². The van der Waals surface area contributed by atoms with Crippen molar-refractivity contribution < 1.29 is 0 Å². The van der Waals surface area contributed by atoms with Crippen LogP contribution in [0.4, 0.5) is 0 Å². The highest BCUT2D eigenvalue weighted by Crippen LogP contribution is 1.92. The Morgan fingerprint density at radius 2 is 2.44 bits per heavy atom. The van der Waals surface area contributed by atoms with Crippen LogP contribution in [0.3, 0.4) is 0 Å². The van der Waals surface area contributed by atoms with Crippen molar-refractivity contribution in [2.24, 2.45) is 0 Å². The third-order valence-electron chi connectivity index (χ3n) is 1.10. The quantitative estimate of drug-likeness (QED) is 0.496. The molecule has 0 aliphatic carbocycles. The van der Waals surface area contributed by atoms with Gasteiger partial charge in [0.05, 0.1) is 0 Å². The van der Waals surface area contributed by atoms with Gasteiger partial charge in [-0.15, -0.1) is 5.10 Å². The van der Waals surface area contributed by atoms with Crippen molar-refractivity contribution in [1.29, 1.82) is 0 Å². The summed E-state index contributed by atoms with van der Waals surface area (Å²) in [5, 5.41) is 7.33. The predicted octanol–water partition coefficient (Wildman–Crippen LogP) is 0.124. The first-order chi connectivity index (χ1) is 4.47. The van der Waals surface area contributed by atoms with Crippen LogP contribution in [0.2, 0.25) is 0 Å². The molecule has 0 aromatic carbocycles. The fourth-order valence-electron chi connectivity index (χ4n) is 0.705. The van der Waals surface area contributed by atoms with E-state index in [-0.39, 0.29) is 0 Å². The lowest BCUT2D eigenvalue weighted by atomic mass is 10.6. The second kappa shape index (κ2) is 1.51. The molecule has 0 saturated heterocycles. The summed E-state index contributed by atoms with van der Waals surface area (Å²) in [4.78, 5) is 3.93. The van der Waals surface area contributed by atoms with Crippen LogP contribution in [0.15, 0.2) is 24.7 Å². The fraction of sp³-hybridized carbons (Fsp3) is 0. The lowest BCUT2D eigenvalue weighted by Gasteiger charge is -1.84. The van der Waals surface area contributed by atoms with Crippen molar-refractivity contribution in [2.75, 3.05) is 0 Å². The maximum absolute atomic E-state index is 3.93. The number of fused-ring (bicyclic) bond motifs is 1. The van der Waals surface area contributed by atoms with Gasteiger partial charge in [-0.25, -0.2) is 9.50 Å². The van der Waals surface area contributed by atoms with Crippen molar-refractivity contribution >= 4 is 5.65 Å². The number of rotatable bonds is 0. The molecule has 9 heavy (non-hydrogen) atoms. The SMILES string of the molecule is c1cc2ncnnn2c1. The maximum atomic E-state index is 3.93. The summed E-state index contributed by atoms with van der Waals surface area (Å²) >= 11 is 0. The first kappa shape index (κ1) is 4.43. The van der Waals surface area contributed by atoms with E-state index in [1.165, 1.54) is 6.33 Å². The Bertz CT molecular complexity index is 283. The molecule has 0 aliphatic rings. The van der Waals surface area contributed by atoms with E-state index < -0.39 is 0 Å². The van der Waals surface area contributed by atoms with Crippen LogP contribution in [0.25, 0.3) is 5.65 Å². The molecule has 4 heteroatoms. The minimum Gasteiger partial charge on any atom is -0.215 e. The zero-order valence-electron chi connectivity index (χ0n) is 4.60. The minimum atomic E-state index is 0.824. The second-order valence-electron chi connectivity index (χ2n) is 1.66. The lowest BCUT2D eigenvalue weighted by Crippen LogP contribution is -1.93. The predicted molar refractivity (Wildman–Crippen MR) is 30.8 cm³/mol. The van der Waals surface area contributed by atoms with E-state index in [0.29, 0.717) is 0 Å². The molecule has 0 unspecified atom stereocenters. The van der Waals surface area contributed by atoms with Crippen molar-refractivity contribution in [3.05, 3.63) is 24.7 Å². The standard InChI is InChI=1S/C5H4N4/c1-2-5-6-4-7-8-9(5)3-1/h1-4H. The summed E-state index contributed by atoms with van der Waals surface area (Å²) in [5.74, 6) is 0. The van der Waals surface area contributed by atoms with Gasteiger partial charge in [-0.2, -0.15) is 0 Å². The normalized spacial score (nSPS) is 10.2. The van der Waals surface area contributed by atoms with Gasteiger partial charge < -0.3 is 0 Å². The molecule has 0 saturated carbocycles. The average Bonchev–Trinajstić information content (AvgIpc) is 2.33. The summed E-state index contributed by atoms with van der Waals surface area (Å²) in [7, 11) is 0. The van der Waals surface area contributed by atoms with Crippen molar-refractivity contribution in [2.45, 2.75) is 0 Å². The smallest absolute Gasteiger partial charge is 0.156 e. The van der Waals surface area contributed by atoms with Gasteiger partial charge in [-0.05, 0) is 12.1 Å². The average molecular weight is 120 g/mol. The monoisotopic (exact) mass is 120 g/mol. The van der Waals surface area contributed by atoms with Gasteiger partial charge in [0.15, 0.2) is 5.65 Å². The third kappa shape index (κ3) is 0.561. The summed E-state index contributed by atoms with van der Waals surface area (Å²) in [6.45, 7) is 0. The van der Waals surface area contributed by atoms with Gasteiger partial charge >= 0.3 is 0 Å². The van der Waals surface area contributed by atoms with E-state index in [2.05, 4.69) is 15.3 Å². The van der Waals surface area contributed by atoms with Crippen LogP contribution in [0.5, 0.6) is 0 Å². The molecule has 0 aliphatic heterocycles. The van der Waals surface area contributed by atoms with E-state index >= 15 is 0 Å². The molecule has 0 spiro atoms. The van der Waals surface area contributed by atoms with Gasteiger partial charge in [-0.3, -0.25) is 0 Å². The first-order valence-corrected chi connectivity index (χ1v) is 2.58. The second-order valence-corrected chi connectivity index (χ2v) is 1.66. The number of aromatic nitrogens is 4. The molecule has 2 rings (SSSR count). The molecule has 0 fully saturated rings. The molecular weight excluding hydrogens is 116 g/mol. The van der Waals surface area contributed by atoms with Crippen LogP contribution in [-0.2, 0) is 0 Å². The summed E-state index contributed by atoms with van der Waals surface area (Å²) in [6, 6.07) is 3.74. The molecule has 44 valence electrons. The molecule has 0 bridgehead atoms. The molecular formula is C5H4N4. The molecule has 2 aromatic rings. The van der Waals surface area contributed by atoms with E-state index in [0.717, 1.165) is 5.65 Å². The zero-order chi connectivity index (χ0) is 6.10. The topological polar surface area (TPSA) is 43.1 Å². The zero-order valence-corrected chi connectivity index (χ0v) is 4.60. The Morgan fingerprint density at radius 3 is 3.33 bits per heavy atom. The third-order valence-corrected chi connectivity index (χ3v) is 1.10. The molecule has 2 heterocycles. The molecule has 0 radical (unpaired) electrons. The Kier molecular flexibility index (Phi) is 0.745. The van der Waals surface area contributed by atoms with Gasteiger partial charge in [0, 0.05) is 6.20 Å². The largest absolute Gasteiger partial charge is 0.215 e. The molecule has 4 nitrogen and oxygen atoms in total. The minimum absolute atomic E-state index is 0.824. The highest BCUT2D eigenvalue weighted by molar-refractivity contribution is 5.34. The fourth-order valence-corrected chi connectivity index (χ4v) is 0.705. The Morgan fingerprint density at radius 1 is 1.44 bits per heavy atom. The lowest BCUT2D eigenvalue weighted by molar-refractivity contribution is 0.780. The molecule has 0 amide bonds. The highest BCUT2D eigenvalue weighted by Gasteiger charge is 1.87. The van der Waals surface area contributed by atoms with Crippen molar-refractivity contribution in [1.82, 2.24) is 19.8 Å². The van der Waals surface area contributed by atoms with Crippen LogP contribution in [-0.4, -0.2) is 19.8 Å². The maximum Gasteiger partial charge on any atom is 0.156 e. The van der Waals surface area contributed by atoms with Crippen LogP contribution < -0.4 is 0 Å². The van der Waals surface area contributed by atoms with Gasteiger partial charge in [0.2, 0.25) is 0 Å². The molecule has 0 N–H and O–H groups in total. The van der Waals surface area contributed by atoms with Crippen LogP contribution >= 0.6 is 0 Å². The van der Waals surface area contributed by atoms with E-state index in [9.17, 15) is 0 Å². The summed E-state index contributed by atoms with van der Waals surface area (Å²) < 4.78 is 1.61. The number of hydrogen-bond donors (Lipinski definition) is 0. The number of hydrogen-bond acceptors (Lipinski definition) is 3. The summed E-state index contributed by atoms with van der Waals surface area (Å²) in [5.41, 5.74) is 0.824. The van der Waals surface area contributed by atoms with E-state index in [1.807, 2.05) is 12.1 Å². The van der Waals surface area contributed by atoms with Crippen LogP contribution in [0, 0.1) is 0 Å². The van der Waals surface area contributed by atoms with E-state index in [4.69, 9.17) is 0 Å².